The Bertz CT molecular complexity index is 485. The summed E-state index contributed by atoms with van der Waals surface area (Å²) in [6.45, 7) is 2.46. The Morgan fingerprint density at radius 1 is 1.44 bits per heavy atom. The van der Waals surface area contributed by atoms with E-state index in [1.807, 2.05) is 19.1 Å². The fourth-order valence-corrected chi connectivity index (χ4v) is 4.62. The molecule has 1 aromatic carbocycles. The standard InChI is InChI=1S/C11H14BrNO2S/c1-9-4-2-3-5-11(9)16(14,15)13-7-6-10(13)8-12/h2-5,10H,6-8H2,1H3. The lowest BCUT2D eigenvalue weighted by Crippen LogP contribution is -2.51. The Kier molecular flexibility index (Phi) is 3.37. The van der Waals surface area contributed by atoms with E-state index in [-0.39, 0.29) is 6.04 Å². The van der Waals surface area contributed by atoms with Crippen molar-refractivity contribution in [1.82, 2.24) is 4.31 Å². The van der Waals surface area contributed by atoms with Crippen molar-refractivity contribution in [2.45, 2.75) is 24.3 Å². The van der Waals surface area contributed by atoms with Gasteiger partial charge < -0.3 is 0 Å². The van der Waals surface area contributed by atoms with E-state index in [0.717, 1.165) is 12.0 Å². The van der Waals surface area contributed by atoms with Crippen LogP contribution in [0.5, 0.6) is 0 Å². The van der Waals surface area contributed by atoms with Crippen LogP contribution >= 0.6 is 15.9 Å². The maximum absolute atomic E-state index is 12.3. The van der Waals surface area contributed by atoms with Gasteiger partial charge in [-0.05, 0) is 25.0 Å². The van der Waals surface area contributed by atoms with Crippen LogP contribution in [-0.2, 0) is 10.0 Å². The molecule has 88 valence electrons. The molecule has 0 N–H and O–H groups in total. The quantitative estimate of drug-likeness (QED) is 0.803. The fraction of sp³-hybridized carbons (Fsp3) is 0.455. The predicted octanol–water partition coefficient (Wildman–Crippen LogP) is 2.15. The molecule has 1 heterocycles. The molecule has 16 heavy (non-hydrogen) atoms. The number of hydrogen-bond acceptors (Lipinski definition) is 2. The summed E-state index contributed by atoms with van der Waals surface area (Å²) >= 11 is 3.34. The van der Waals surface area contributed by atoms with Gasteiger partial charge in [0.15, 0.2) is 0 Å². The number of sulfonamides is 1. The largest absolute Gasteiger partial charge is 0.243 e. The molecule has 5 heteroatoms. The molecule has 0 bridgehead atoms. The van der Waals surface area contributed by atoms with Gasteiger partial charge in [0, 0.05) is 17.9 Å². The summed E-state index contributed by atoms with van der Waals surface area (Å²) in [6.07, 6.45) is 0.941. The average molecular weight is 304 g/mol. The third kappa shape index (κ3) is 1.92. The minimum Gasteiger partial charge on any atom is -0.207 e. The molecule has 0 aliphatic carbocycles. The first kappa shape index (κ1) is 12.1. The van der Waals surface area contributed by atoms with Gasteiger partial charge in [0.25, 0.3) is 0 Å². The van der Waals surface area contributed by atoms with E-state index < -0.39 is 10.0 Å². The lowest BCUT2D eigenvalue weighted by Gasteiger charge is -2.38. The van der Waals surface area contributed by atoms with Crippen molar-refractivity contribution in [3.05, 3.63) is 29.8 Å². The Morgan fingerprint density at radius 3 is 2.62 bits per heavy atom. The molecular formula is C11H14BrNO2S. The highest BCUT2D eigenvalue weighted by atomic mass is 79.9. The molecule has 0 radical (unpaired) electrons. The van der Waals surface area contributed by atoms with E-state index in [1.54, 1.807) is 16.4 Å². The van der Waals surface area contributed by atoms with Crippen LogP contribution in [0.4, 0.5) is 0 Å². The van der Waals surface area contributed by atoms with Crippen molar-refractivity contribution in [2.75, 3.05) is 11.9 Å². The van der Waals surface area contributed by atoms with Crippen LogP contribution in [0.1, 0.15) is 12.0 Å². The lowest BCUT2D eigenvalue weighted by molar-refractivity contribution is 0.222. The summed E-state index contributed by atoms with van der Waals surface area (Å²) in [4.78, 5) is 0.431. The molecule has 0 spiro atoms. The van der Waals surface area contributed by atoms with E-state index in [1.165, 1.54) is 0 Å². The van der Waals surface area contributed by atoms with Crippen LogP contribution in [-0.4, -0.2) is 30.6 Å². The van der Waals surface area contributed by atoms with E-state index in [4.69, 9.17) is 0 Å². The molecular weight excluding hydrogens is 290 g/mol. The van der Waals surface area contributed by atoms with Crippen LogP contribution in [0.15, 0.2) is 29.2 Å². The molecule has 0 saturated carbocycles. The zero-order valence-corrected chi connectivity index (χ0v) is 11.5. The Labute approximate surface area is 105 Å². The molecule has 1 unspecified atom stereocenters. The van der Waals surface area contributed by atoms with Gasteiger partial charge in [-0.3, -0.25) is 0 Å². The fourth-order valence-electron chi connectivity index (χ4n) is 1.86. The van der Waals surface area contributed by atoms with Gasteiger partial charge in [0.1, 0.15) is 0 Å². The van der Waals surface area contributed by atoms with E-state index in [9.17, 15) is 8.42 Å². The molecule has 0 amide bonds. The van der Waals surface area contributed by atoms with Gasteiger partial charge in [0.2, 0.25) is 10.0 Å². The maximum Gasteiger partial charge on any atom is 0.243 e. The first-order valence-electron chi connectivity index (χ1n) is 5.21. The number of aryl methyl sites for hydroxylation is 1. The van der Waals surface area contributed by atoms with Crippen molar-refractivity contribution in [3.63, 3.8) is 0 Å². The second-order valence-corrected chi connectivity index (χ2v) is 6.48. The van der Waals surface area contributed by atoms with Crippen LogP contribution in [0.25, 0.3) is 0 Å². The minimum atomic E-state index is -3.29. The van der Waals surface area contributed by atoms with Crippen LogP contribution < -0.4 is 0 Å². The zero-order valence-electron chi connectivity index (χ0n) is 9.06. The van der Waals surface area contributed by atoms with Gasteiger partial charge >= 0.3 is 0 Å². The van der Waals surface area contributed by atoms with Crippen LogP contribution in [0.2, 0.25) is 0 Å². The molecule has 2 rings (SSSR count). The number of halogens is 1. The van der Waals surface area contributed by atoms with Crippen LogP contribution in [0, 0.1) is 6.92 Å². The lowest BCUT2D eigenvalue weighted by atomic mass is 10.1. The summed E-state index contributed by atoms with van der Waals surface area (Å²) in [5.74, 6) is 0. The van der Waals surface area contributed by atoms with E-state index in [0.29, 0.717) is 16.8 Å². The first-order valence-corrected chi connectivity index (χ1v) is 7.77. The molecule has 1 atom stereocenters. The number of rotatable bonds is 3. The molecule has 1 saturated heterocycles. The summed E-state index contributed by atoms with van der Waals surface area (Å²) in [5, 5.41) is 0.706. The Morgan fingerprint density at radius 2 is 2.12 bits per heavy atom. The van der Waals surface area contributed by atoms with E-state index >= 15 is 0 Å². The highest BCUT2D eigenvalue weighted by molar-refractivity contribution is 9.09. The average Bonchev–Trinajstić information content (AvgIpc) is 2.16. The number of hydrogen-bond donors (Lipinski definition) is 0. The molecule has 1 fully saturated rings. The van der Waals surface area contributed by atoms with Gasteiger partial charge in [-0.25, -0.2) is 8.42 Å². The SMILES string of the molecule is Cc1ccccc1S(=O)(=O)N1CCC1CBr. The number of alkyl halides is 1. The van der Waals surface area contributed by atoms with Gasteiger partial charge in [-0.15, -0.1) is 0 Å². The third-order valence-corrected chi connectivity index (χ3v) is 5.81. The van der Waals surface area contributed by atoms with Crippen LogP contribution in [0.3, 0.4) is 0 Å². The minimum absolute atomic E-state index is 0.115. The Balaban J connectivity index is 2.37. The summed E-state index contributed by atoms with van der Waals surface area (Å²) in [6, 6.07) is 7.24. The van der Waals surface area contributed by atoms with Gasteiger partial charge in [0.05, 0.1) is 4.90 Å². The molecule has 3 nitrogen and oxygen atoms in total. The normalized spacial score (nSPS) is 21.8. The molecule has 1 aromatic rings. The molecule has 1 aliphatic heterocycles. The van der Waals surface area contributed by atoms with Crippen molar-refractivity contribution in [3.8, 4) is 0 Å². The maximum atomic E-state index is 12.3. The number of benzene rings is 1. The molecule has 1 aliphatic rings. The summed E-state index contributed by atoms with van der Waals surface area (Å²) in [7, 11) is -3.29. The summed E-state index contributed by atoms with van der Waals surface area (Å²) < 4.78 is 26.2. The third-order valence-electron chi connectivity index (χ3n) is 2.95. The van der Waals surface area contributed by atoms with Gasteiger partial charge in [-0.1, -0.05) is 34.1 Å². The van der Waals surface area contributed by atoms with Crippen molar-refractivity contribution in [1.29, 1.82) is 0 Å². The highest BCUT2D eigenvalue weighted by Gasteiger charge is 2.38. The number of nitrogens with zero attached hydrogens (tertiary/aromatic N) is 1. The van der Waals surface area contributed by atoms with Crippen molar-refractivity contribution < 1.29 is 8.42 Å². The second-order valence-electron chi connectivity index (χ2n) is 3.98. The van der Waals surface area contributed by atoms with E-state index in [2.05, 4.69) is 15.9 Å². The smallest absolute Gasteiger partial charge is 0.207 e. The molecule has 0 aromatic heterocycles. The monoisotopic (exact) mass is 303 g/mol. The van der Waals surface area contributed by atoms with Gasteiger partial charge in [-0.2, -0.15) is 4.31 Å². The summed E-state index contributed by atoms with van der Waals surface area (Å²) in [5.41, 5.74) is 0.808. The predicted molar refractivity (Wildman–Crippen MR) is 67.3 cm³/mol. The van der Waals surface area contributed by atoms with Crippen molar-refractivity contribution >= 4 is 26.0 Å². The zero-order chi connectivity index (χ0) is 11.8. The topological polar surface area (TPSA) is 37.4 Å². The Hall–Kier alpha value is -0.390. The highest BCUT2D eigenvalue weighted by Crippen LogP contribution is 2.29. The second kappa shape index (κ2) is 4.47. The van der Waals surface area contributed by atoms with Crippen molar-refractivity contribution in [2.24, 2.45) is 0 Å². The first-order chi connectivity index (χ1) is 7.57.